The molecule has 1 N–H and O–H groups in total. The maximum Gasteiger partial charge on any atom is 0.194 e. The molecule has 0 radical (unpaired) electrons. The molecule has 0 bridgehead atoms. The van der Waals surface area contributed by atoms with Crippen LogP contribution in [0.15, 0.2) is 22.8 Å². The molecule has 5 heteroatoms. The molecule has 3 aliphatic rings. The largest absolute Gasteiger partial charge is 0.502 e. The number of benzene rings is 1. The van der Waals surface area contributed by atoms with Crippen LogP contribution in [0.5, 0.6) is 11.5 Å². The Kier molecular flexibility index (Phi) is 3.33. The highest BCUT2D eigenvalue weighted by Crippen LogP contribution is 2.43. The van der Waals surface area contributed by atoms with Crippen molar-refractivity contribution < 1.29 is 19.2 Å². The van der Waals surface area contributed by atoms with Crippen LogP contribution in [-0.4, -0.2) is 41.9 Å². The van der Waals surface area contributed by atoms with Crippen LogP contribution in [0.3, 0.4) is 0 Å². The Morgan fingerprint density at radius 1 is 1.18 bits per heavy atom. The first-order valence-corrected chi connectivity index (χ1v) is 8.64. The van der Waals surface area contributed by atoms with E-state index in [1.807, 2.05) is 0 Å². The number of allylic oxidation sites excluding steroid dienone is 1. The SMILES string of the molecule is COc1cc2c(cc1OC)C1CCC3=C(O)SCC3=[N+]1CC2. The molecule has 1 atom stereocenters. The van der Waals surface area contributed by atoms with Gasteiger partial charge in [0.25, 0.3) is 0 Å². The van der Waals surface area contributed by atoms with Gasteiger partial charge in [0.15, 0.2) is 28.3 Å². The second kappa shape index (κ2) is 5.23. The number of methoxy groups -OCH3 is 2. The Balaban J connectivity index is 1.83. The minimum atomic E-state index is 0.397. The van der Waals surface area contributed by atoms with E-state index in [2.05, 4.69) is 16.7 Å². The van der Waals surface area contributed by atoms with Gasteiger partial charge in [0, 0.05) is 18.4 Å². The Labute approximate surface area is 134 Å². The average molecular weight is 318 g/mol. The molecule has 4 nitrogen and oxygen atoms in total. The maximum absolute atomic E-state index is 10.0. The van der Waals surface area contributed by atoms with Gasteiger partial charge in [0.1, 0.15) is 6.54 Å². The number of aliphatic hydroxyl groups is 1. The second-order valence-corrected chi connectivity index (χ2v) is 6.89. The summed E-state index contributed by atoms with van der Waals surface area (Å²) in [6.07, 6.45) is 3.02. The quantitative estimate of drug-likeness (QED) is 0.851. The lowest BCUT2D eigenvalue weighted by atomic mass is 9.85. The first-order chi connectivity index (χ1) is 10.7. The van der Waals surface area contributed by atoms with Crippen molar-refractivity contribution >= 4 is 17.5 Å². The summed E-state index contributed by atoms with van der Waals surface area (Å²) in [5, 5.41) is 10.6. The normalized spacial score (nSPS) is 23.1. The van der Waals surface area contributed by atoms with Crippen molar-refractivity contribution in [1.82, 2.24) is 0 Å². The van der Waals surface area contributed by atoms with E-state index in [0.717, 1.165) is 43.1 Å². The van der Waals surface area contributed by atoms with E-state index in [-0.39, 0.29) is 0 Å². The molecular formula is C17H20NO3S+. The fraction of sp³-hybridized carbons (Fsp3) is 0.471. The Bertz CT molecular complexity index is 708. The Hall–Kier alpha value is -1.62. The number of fused-ring (bicyclic) bond motifs is 4. The standard InChI is InChI=1S/C17H19NO3S/c1-20-15-7-10-5-6-18-13(12(10)8-16(15)21-2)4-3-11-14(18)9-22-17(11)19/h7-8,13H,3-6,9H2,1-2H3/p+1. The van der Waals surface area contributed by atoms with Crippen LogP contribution in [0.4, 0.5) is 0 Å². The van der Waals surface area contributed by atoms with Crippen molar-refractivity contribution in [3.63, 3.8) is 0 Å². The van der Waals surface area contributed by atoms with Crippen LogP contribution < -0.4 is 9.47 Å². The van der Waals surface area contributed by atoms with Crippen LogP contribution in [0.2, 0.25) is 0 Å². The lowest BCUT2D eigenvalue weighted by Gasteiger charge is -2.29. The van der Waals surface area contributed by atoms with Gasteiger partial charge in [0.2, 0.25) is 0 Å². The molecule has 0 aliphatic carbocycles. The van der Waals surface area contributed by atoms with Gasteiger partial charge in [-0.05, 0) is 24.1 Å². The molecule has 1 aromatic rings. The number of thioether (sulfide) groups is 1. The predicted molar refractivity (Wildman–Crippen MR) is 87.5 cm³/mol. The summed E-state index contributed by atoms with van der Waals surface area (Å²) < 4.78 is 13.4. The number of rotatable bonds is 2. The molecule has 3 heterocycles. The fourth-order valence-electron chi connectivity index (χ4n) is 3.89. The molecule has 1 unspecified atom stereocenters. The third kappa shape index (κ3) is 1.95. The number of aliphatic hydroxyl groups excluding tert-OH is 1. The number of hydrogen-bond acceptors (Lipinski definition) is 4. The van der Waals surface area contributed by atoms with Crippen LogP contribution in [0.1, 0.15) is 30.0 Å². The minimum Gasteiger partial charge on any atom is -0.502 e. The molecule has 0 saturated heterocycles. The molecule has 0 amide bonds. The van der Waals surface area contributed by atoms with E-state index in [1.165, 1.54) is 22.4 Å². The molecular weight excluding hydrogens is 298 g/mol. The molecule has 116 valence electrons. The zero-order valence-electron chi connectivity index (χ0n) is 12.9. The highest BCUT2D eigenvalue weighted by Gasteiger charge is 2.42. The third-order valence-electron chi connectivity index (χ3n) is 4.97. The summed E-state index contributed by atoms with van der Waals surface area (Å²) in [4.78, 5) is 0. The lowest BCUT2D eigenvalue weighted by Crippen LogP contribution is -2.36. The van der Waals surface area contributed by atoms with Gasteiger partial charge in [-0.3, -0.25) is 0 Å². The lowest BCUT2D eigenvalue weighted by molar-refractivity contribution is -0.580. The average Bonchev–Trinajstić information content (AvgIpc) is 2.94. The summed E-state index contributed by atoms with van der Waals surface area (Å²) in [6, 6.07) is 4.67. The van der Waals surface area contributed by atoms with Gasteiger partial charge in [0.05, 0.1) is 25.5 Å². The predicted octanol–water partition coefficient (Wildman–Crippen LogP) is 3.06. The van der Waals surface area contributed by atoms with E-state index in [4.69, 9.17) is 9.47 Å². The van der Waals surface area contributed by atoms with E-state index in [9.17, 15) is 5.11 Å². The molecule has 3 aliphatic heterocycles. The van der Waals surface area contributed by atoms with Crippen LogP contribution in [-0.2, 0) is 6.42 Å². The molecule has 4 rings (SSSR count). The Morgan fingerprint density at radius 2 is 1.95 bits per heavy atom. The number of hydrogen-bond donors (Lipinski definition) is 1. The zero-order valence-corrected chi connectivity index (χ0v) is 13.7. The molecule has 0 aromatic heterocycles. The Morgan fingerprint density at radius 3 is 2.73 bits per heavy atom. The highest BCUT2D eigenvalue weighted by atomic mass is 32.2. The summed E-state index contributed by atoms with van der Waals surface area (Å²) in [7, 11) is 3.37. The van der Waals surface area contributed by atoms with E-state index in [0.29, 0.717) is 11.1 Å². The molecule has 0 saturated carbocycles. The monoisotopic (exact) mass is 318 g/mol. The van der Waals surface area contributed by atoms with Crippen LogP contribution >= 0.6 is 11.8 Å². The summed E-state index contributed by atoms with van der Waals surface area (Å²) in [5.74, 6) is 2.52. The summed E-state index contributed by atoms with van der Waals surface area (Å²) >= 11 is 1.57. The topological polar surface area (TPSA) is 41.7 Å². The van der Waals surface area contributed by atoms with E-state index >= 15 is 0 Å². The third-order valence-corrected chi connectivity index (χ3v) is 5.91. The number of nitrogens with zero attached hydrogens (tertiary/aromatic N) is 1. The molecule has 1 aromatic carbocycles. The first-order valence-electron chi connectivity index (χ1n) is 7.65. The first kappa shape index (κ1) is 14.0. The van der Waals surface area contributed by atoms with E-state index < -0.39 is 0 Å². The smallest absolute Gasteiger partial charge is 0.194 e. The van der Waals surface area contributed by atoms with Gasteiger partial charge in [-0.15, -0.1) is 0 Å². The van der Waals surface area contributed by atoms with Gasteiger partial charge < -0.3 is 14.6 Å². The van der Waals surface area contributed by atoms with Crippen molar-refractivity contribution in [1.29, 1.82) is 0 Å². The minimum absolute atomic E-state index is 0.397. The van der Waals surface area contributed by atoms with Crippen molar-refractivity contribution in [2.24, 2.45) is 0 Å². The molecule has 0 fully saturated rings. The fourth-order valence-corrected chi connectivity index (χ4v) is 4.89. The van der Waals surface area contributed by atoms with Crippen molar-refractivity contribution in [3.8, 4) is 11.5 Å². The van der Waals surface area contributed by atoms with E-state index in [1.54, 1.807) is 26.0 Å². The van der Waals surface area contributed by atoms with Crippen molar-refractivity contribution in [2.45, 2.75) is 25.3 Å². The highest BCUT2D eigenvalue weighted by molar-refractivity contribution is 8.04. The van der Waals surface area contributed by atoms with Crippen LogP contribution in [0, 0.1) is 0 Å². The second-order valence-electron chi connectivity index (χ2n) is 5.92. The summed E-state index contributed by atoms with van der Waals surface area (Å²) in [6.45, 7) is 1.01. The maximum atomic E-state index is 10.0. The van der Waals surface area contributed by atoms with Gasteiger partial charge in [-0.1, -0.05) is 11.8 Å². The molecule has 0 spiro atoms. The summed E-state index contributed by atoms with van der Waals surface area (Å²) in [5.41, 5.74) is 5.22. The molecule has 22 heavy (non-hydrogen) atoms. The van der Waals surface area contributed by atoms with Crippen molar-refractivity contribution in [2.75, 3.05) is 26.5 Å². The van der Waals surface area contributed by atoms with Crippen molar-refractivity contribution in [3.05, 3.63) is 33.9 Å². The van der Waals surface area contributed by atoms with Gasteiger partial charge in [-0.2, -0.15) is 0 Å². The number of ether oxygens (including phenoxy) is 2. The van der Waals surface area contributed by atoms with Crippen LogP contribution in [0.25, 0.3) is 0 Å². The zero-order chi connectivity index (χ0) is 15.3. The van der Waals surface area contributed by atoms with Gasteiger partial charge >= 0.3 is 0 Å². The van der Waals surface area contributed by atoms with Gasteiger partial charge in [-0.25, -0.2) is 4.58 Å².